The van der Waals surface area contributed by atoms with Gasteiger partial charge in [-0.3, -0.25) is 0 Å². The van der Waals surface area contributed by atoms with Crippen molar-refractivity contribution in [2.24, 2.45) is 0 Å². The SMILES string of the molecule is FC(F)(F)COCCNCCCCBr. The molecule has 0 rings (SSSR count). The van der Waals surface area contributed by atoms with Crippen molar-refractivity contribution in [3.05, 3.63) is 0 Å². The highest BCUT2D eigenvalue weighted by atomic mass is 79.9. The van der Waals surface area contributed by atoms with Crippen LogP contribution in [-0.2, 0) is 4.74 Å². The van der Waals surface area contributed by atoms with Crippen LogP contribution >= 0.6 is 15.9 Å². The van der Waals surface area contributed by atoms with Crippen LogP contribution in [0.3, 0.4) is 0 Å². The van der Waals surface area contributed by atoms with Gasteiger partial charge in [-0.15, -0.1) is 0 Å². The van der Waals surface area contributed by atoms with Crippen molar-refractivity contribution in [2.75, 3.05) is 31.6 Å². The highest BCUT2D eigenvalue weighted by Gasteiger charge is 2.26. The second kappa shape index (κ2) is 8.49. The van der Waals surface area contributed by atoms with Crippen LogP contribution in [0, 0.1) is 0 Å². The molecule has 0 spiro atoms. The number of rotatable bonds is 8. The molecule has 0 aliphatic carbocycles. The summed E-state index contributed by atoms with van der Waals surface area (Å²) in [5.41, 5.74) is 0. The Balaban J connectivity index is 2.99. The van der Waals surface area contributed by atoms with Crippen LogP contribution in [0.15, 0.2) is 0 Å². The quantitative estimate of drug-likeness (QED) is 0.543. The summed E-state index contributed by atoms with van der Waals surface area (Å²) in [5.74, 6) is 0. The highest BCUT2D eigenvalue weighted by molar-refractivity contribution is 9.09. The van der Waals surface area contributed by atoms with Gasteiger partial charge in [0.15, 0.2) is 0 Å². The monoisotopic (exact) mass is 277 g/mol. The first-order valence-corrected chi connectivity index (χ1v) is 5.59. The van der Waals surface area contributed by atoms with Crippen molar-refractivity contribution >= 4 is 15.9 Å². The Morgan fingerprint density at radius 2 is 1.86 bits per heavy atom. The third-order valence-corrected chi connectivity index (χ3v) is 1.99. The molecule has 0 radical (unpaired) electrons. The number of unbranched alkanes of at least 4 members (excludes halogenated alkanes) is 1. The molecule has 0 atom stereocenters. The number of halogens is 4. The maximum Gasteiger partial charge on any atom is 0.411 e. The Morgan fingerprint density at radius 1 is 1.14 bits per heavy atom. The fourth-order valence-corrected chi connectivity index (χ4v) is 1.20. The van der Waals surface area contributed by atoms with Crippen molar-refractivity contribution in [2.45, 2.75) is 19.0 Å². The maximum absolute atomic E-state index is 11.6. The third kappa shape index (κ3) is 12.2. The van der Waals surface area contributed by atoms with Crippen LogP contribution in [-0.4, -0.2) is 37.8 Å². The van der Waals surface area contributed by atoms with Gasteiger partial charge in [0.2, 0.25) is 0 Å². The van der Waals surface area contributed by atoms with E-state index in [0.717, 1.165) is 24.7 Å². The van der Waals surface area contributed by atoms with E-state index in [1.165, 1.54) is 0 Å². The number of alkyl halides is 4. The molecule has 0 aromatic carbocycles. The minimum atomic E-state index is -4.21. The molecule has 0 bridgehead atoms. The summed E-state index contributed by atoms with van der Waals surface area (Å²) in [4.78, 5) is 0. The largest absolute Gasteiger partial charge is 0.411 e. The predicted octanol–water partition coefficient (Wildman–Crippen LogP) is 2.33. The van der Waals surface area contributed by atoms with Crippen molar-refractivity contribution in [3.63, 3.8) is 0 Å². The van der Waals surface area contributed by atoms with Gasteiger partial charge in [0, 0.05) is 11.9 Å². The predicted molar refractivity (Wildman–Crippen MR) is 52.8 cm³/mol. The Hall–Kier alpha value is 0.190. The molecule has 14 heavy (non-hydrogen) atoms. The topological polar surface area (TPSA) is 21.3 Å². The maximum atomic E-state index is 11.6. The molecule has 0 saturated carbocycles. The van der Waals surface area contributed by atoms with E-state index in [2.05, 4.69) is 26.0 Å². The van der Waals surface area contributed by atoms with E-state index >= 15 is 0 Å². The van der Waals surface area contributed by atoms with Gasteiger partial charge in [0.25, 0.3) is 0 Å². The normalized spacial score (nSPS) is 12.0. The summed E-state index contributed by atoms with van der Waals surface area (Å²) in [7, 11) is 0. The Labute approximate surface area is 90.3 Å². The Kier molecular flexibility index (Phi) is 8.61. The van der Waals surface area contributed by atoms with Crippen LogP contribution in [0.1, 0.15) is 12.8 Å². The van der Waals surface area contributed by atoms with Gasteiger partial charge in [0.05, 0.1) is 6.61 Å². The van der Waals surface area contributed by atoms with Gasteiger partial charge in [-0.2, -0.15) is 13.2 Å². The summed E-state index contributed by atoms with van der Waals surface area (Å²) < 4.78 is 39.2. The summed E-state index contributed by atoms with van der Waals surface area (Å²) in [6, 6.07) is 0. The molecule has 0 aromatic rings. The van der Waals surface area contributed by atoms with Gasteiger partial charge in [0.1, 0.15) is 6.61 Å². The van der Waals surface area contributed by atoms with Gasteiger partial charge >= 0.3 is 6.18 Å². The number of hydrogen-bond acceptors (Lipinski definition) is 2. The molecule has 0 aliphatic heterocycles. The van der Waals surface area contributed by atoms with Gasteiger partial charge < -0.3 is 10.1 Å². The molecule has 0 unspecified atom stereocenters. The summed E-state index contributed by atoms with van der Waals surface area (Å²) in [6.07, 6.45) is -2.13. The lowest BCUT2D eigenvalue weighted by molar-refractivity contribution is -0.173. The van der Waals surface area contributed by atoms with Crippen LogP contribution in [0.2, 0.25) is 0 Å². The lowest BCUT2D eigenvalue weighted by atomic mass is 10.3. The summed E-state index contributed by atoms with van der Waals surface area (Å²) in [5, 5.41) is 3.95. The molecular formula is C8H15BrF3NO. The summed E-state index contributed by atoms with van der Waals surface area (Å²) in [6.45, 7) is 0.239. The lowest BCUT2D eigenvalue weighted by Gasteiger charge is -2.08. The first-order chi connectivity index (χ1) is 6.56. The zero-order valence-corrected chi connectivity index (χ0v) is 9.46. The molecule has 86 valence electrons. The lowest BCUT2D eigenvalue weighted by Crippen LogP contribution is -2.24. The van der Waals surface area contributed by atoms with E-state index in [9.17, 15) is 13.2 Å². The van der Waals surface area contributed by atoms with Crippen molar-refractivity contribution < 1.29 is 17.9 Å². The van der Waals surface area contributed by atoms with Crippen molar-refractivity contribution in [1.82, 2.24) is 5.32 Å². The molecule has 0 heterocycles. The minimum absolute atomic E-state index is 0.105. The molecule has 0 aliphatic rings. The zero-order chi connectivity index (χ0) is 10.9. The first-order valence-electron chi connectivity index (χ1n) is 4.47. The first kappa shape index (κ1) is 14.2. The van der Waals surface area contributed by atoms with E-state index in [1.54, 1.807) is 0 Å². The number of nitrogens with one attached hydrogen (secondary N) is 1. The molecule has 0 aromatic heterocycles. The second-order valence-corrected chi connectivity index (χ2v) is 3.61. The van der Waals surface area contributed by atoms with Gasteiger partial charge in [-0.25, -0.2) is 0 Å². The fourth-order valence-electron chi connectivity index (χ4n) is 0.802. The smallest absolute Gasteiger partial charge is 0.371 e. The molecular weight excluding hydrogens is 263 g/mol. The second-order valence-electron chi connectivity index (χ2n) is 2.81. The molecule has 0 amide bonds. The van der Waals surface area contributed by atoms with Gasteiger partial charge in [-0.1, -0.05) is 15.9 Å². The van der Waals surface area contributed by atoms with Gasteiger partial charge in [-0.05, 0) is 19.4 Å². The Morgan fingerprint density at radius 3 is 2.43 bits per heavy atom. The molecule has 6 heteroatoms. The van der Waals surface area contributed by atoms with Crippen LogP contribution in [0.5, 0.6) is 0 Å². The average molecular weight is 278 g/mol. The van der Waals surface area contributed by atoms with Crippen LogP contribution in [0.4, 0.5) is 13.2 Å². The zero-order valence-electron chi connectivity index (χ0n) is 7.87. The van der Waals surface area contributed by atoms with E-state index < -0.39 is 12.8 Å². The van der Waals surface area contributed by atoms with E-state index in [-0.39, 0.29) is 6.61 Å². The standard InChI is InChI=1S/C8H15BrF3NO/c9-3-1-2-4-13-5-6-14-7-8(10,11)12/h13H,1-7H2. The summed E-state index contributed by atoms with van der Waals surface area (Å²) >= 11 is 3.29. The Bertz CT molecular complexity index is 132. The average Bonchev–Trinajstić information content (AvgIpc) is 2.08. The molecule has 2 nitrogen and oxygen atoms in total. The third-order valence-electron chi connectivity index (χ3n) is 1.43. The molecule has 0 fully saturated rings. The van der Waals surface area contributed by atoms with E-state index in [1.807, 2.05) is 0 Å². The van der Waals surface area contributed by atoms with Crippen LogP contribution < -0.4 is 5.32 Å². The highest BCUT2D eigenvalue weighted by Crippen LogP contribution is 2.13. The van der Waals surface area contributed by atoms with Crippen LogP contribution in [0.25, 0.3) is 0 Å². The van der Waals surface area contributed by atoms with Crippen molar-refractivity contribution in [1.29, 1.82) is 0 Å². The molecule has 1 N–H and O–H groups in total. The fraction of sp³-hybridized carbons (Fsp3) is 1.00. The van der Waals surface area contributed by atoms with Crippen molar-refractivity contribution in [3.8, 4) is 0 Å². The number of hydrogen-bond donors (Lipinski definition) is 1. The minimum Gasteiger partial charge on any atom is -0.371 e. The number of ether oxygens (including phenoxy) is 1. The van der Waals surface area contributed by atoms with E-state index in [4.69, 9.17) is 0 Å². The molecule has 0 saturated heterocycles. The van der Waals surface area contributed by atoms with E-state index in [0.29, 0.717) is 6.54 Å².